The lowest BCUT2D eigenvalue weighted by molar-refractivity contribution is 1.69. The van der Waals surface area contributed by atoms with Gasteiger partial charge in [-0.2, -0.15) is 0 Å². The van der Waals surface area contributed by atoms with Crippen LogP contribution in [0.5, 0.6) is 0 Å². The first-order valence-electron chi connectivity index (χ1n) is 8.60. The van der Waals surface area contributed by atoms with Crippen LogP contribution < -0.4 is 0 Å². The summed E-state index contributed by atoms with van der Waals surface area (Å²) in [5, 5.41) is 5.26. The Morgan fingerprint density at radius 1 is 0.423 bits per heavy atom. The molecule has 0 nitrogen and oxygen atoms in total. The molecule has 2 heteroatoms. The van der Waals surface area contributed by atoms with E-state index in [-0.39, 0.29) is 0 Å². The second-order valence-corrected chi connectivity index (χ2v) is 8.38. The Bertz CT molecular complexity index is 1220. The van der Waals surface area contributed by atoms with Crippen molar-refractivity contribution in [3.63, 3.8) is 0 Å². The summed E-state index contributed by atoms with van der Waals surface area (Å²) in [6.45, 7) is 0. The molecule has 0 aliphatic heterocycles. The lowest BCUT2D eigenvalue weighted by atomic mass is 9.93. The average molecular weight is 460 g/mol. The molecule has 0 N–H and O–H groups in total. The number of hydrogen-bond acceptors (Lipinski definition) is 0. The van der Waals surface area contributed by atoms with Crippen molar-refractivity contribution in [2.24, 2.45) is 0 Å². The number of allylic oxidation sites excluding steroid dienone is 2. The average Bonchev–Trinajstić information content (AvgIpc) is 3.11. The van der Waals surface area contributed by atoms with Crippen molar-refractivity contribution in [2.75, 3.05) is 0 Å². The van der Waals surface area contributed by atoms with Gasteiger partial charge in [0.1, 0.15) is 0 Å². The van der Waals surface area contributed by atoms with Gasteiger partial charge in [0.2, 0.25) is 0 Å². The number of halogens is 2. The van der Waals surface area contributed by atoms with Crippen LogP contribution in [0.15, 0.2) is 72.8 Å². The lowest BCUT2D eigenvalue weighted by Gasteiger charge is -2.11. The van der Waals surface area contributed by atoms with Gasteiger partial charge in [0, 0.05) is 20.1 Å². The first-order chi connectivity index (χ1) is 12.8. The van der Waals surface area contributed by atoms with Crippen LogP contribution in [-0.2, 0) is 0 Å². The topological polar surface area (TPSA) is 0 Å². The Hall–Kier alpha value is -2.16. The van der Waals surface area contributed by atoms with Crippen LogP contribution in [0.4, 0.5) is 0 Å². The predicted octanol–water partition coefficient (Wildman–Crippen LogP) is 7.85. The van der Waals surface area contributed by atoms with Crippen molar-refractivity contribution >= 4 is 73.5 Å². The van der Waals surface area contributed by atoms with Crippen LogP contribution in [0.3, 0.4) is 0 Å². The van der Waals surface area contributed by atoms with Crippen molar-refractivity contribution in [3.8, 4) is 0 Å². The predicted molar refractivity (Wildman–Crippen MR) is 119 cm³/mol. The largest absolute Gasteiger partial charge is 0.0610 e. The van der Waals surface area contributed by atoms with E-state index in [0.29, 0.717) is 0 Å². The molecule has 0 atom stereocenters. The minimum Gasteiger partial charge on any atom is -0.0610 e. The molecule has 0 amide bonds. The van der Waals surface area contributed by atoms with Gasteiger partial charge in [-0.25, -0.2) is 0 Å². The number of hydrogen-bond donors (Lipinski definition) is 0. The Morgan fingerprint density at radius 2 is 0.769 bits per heavy atom. The Kier molecular flexibility index (Phi) is 2.98. The van der Waals surface area contributed by atoms with E-state index in [1.165, 1.54) is 63.9 Å². The van der Waals surface area contributed by atoms with Crippen LogP contribution in [0.25, 0.3) is 41.7 Å². The third-order valence-corrected chi connectivity index (χ3v) is 7.16. The zero-order valence-electron chi connectivity index (χ0n) is 13.7. The summed E-state index contributed by atoms with van der Waals surface area (Å²) in [7, 11) is 0. The van der Waals surface area contributed by atoms with Gasteiger partial charge in [-0.05, 0) is 75.7 Å². The van der Waals surface area contributed by atoms with Crippen molar-refractivity contribution in [1.82, 2.24) is 0 Å². The fourth-order valence-corrected chi connectivity index (χ4v) is 5.94. The molecule has 6 rings (SSSR count). The highest BCUT2D eigenvalue weighted by Gasteiger charge is 2.31. The van der Waals surface area contributed by atoms with E-state index in [1.54, 1.807) is 0 Å². The molecule has 4 aromatic carbocycles. The Morgan fingerprint density at radius 3 is 1.15 bits per heavy atom. The van der Waals surface area contributed by atoms with Crippen LogP contribution in [0.1, 0.15) is 22.3 Å². The molecule has 2 aliphatic carbocycles. The summed E-state index contributed by atoms with van der Waals surface area (Å²) in [6, 6.07) is 26.3. The Balaban J connectivity index is 1.74. The van der Waals surface area contributed by atoms with E-state index >= 15 is 0 Å². The van der Waals surface area contributed by atoms with Gasteiger partial charge in [0.25, 0.3) is 0 Å². The molecule has 122 valence electrons. The van der Waals surface area contributed by atoms with Crippen molar-refractivity contribution < 1.29 is 0 Å². The zero-order chi connectivity index (χ0) is 17.4. The first-order valence-corrected chi connectivity index (χ1v) is 10.2. The van der Waals surface area contributed by atoms with E-state index in [2.05, 4.69) is 105 Å². The molecule has 0 saturated carbocycles. The quantitative estimate of drug-likeness (QED) is 0.272. The van der Waals surface area contributed by atoms with E-state index in [0.717, 1.165) is 0 Å². The second-order valence-electron chi connectivity index (χ2n) is 6.80. The third-order valence-electron chi connectivity index (χ3n) is 5.51. The molecule has 0 fully saturated rings. The molecule has 0 spiro atoms. The molecule has 2 aliphatic rings. The molecule has 4 aromatic rings. The van der Waals surface area contributed by atoms with E-state index in [1.807, 2.05) is 0 Å². The summed E-state index contributed by atoms with van der Waals surface area (Å²) >= 11 is 7.87. The van der Waals surface area contributed by atoms with Gasteiger partial charge in [0.15, 0.2) is 0 Å². The molecule has 0 radical (unpaired) electrons. The molecule has 0 bridgehead atoms. The van der Waals surface area contributed by atoms with Gasteiger partial charge in [0.05, 0.1) is 0 Å². The van der Waals surface area contributed by atoms with Gasteiger partial charge < -0.3 is 0 Å². The smallest absolute Gasteiger partial charge is 0.0339 e. The van der Waals surface area contributed by atoms with Gasteiger partial charge in [-0.3, -0.25) is 0 Å². The van der Waals surface area contributed by atoms with Crippen molar-refractivity contribution in [1.29, 1.82) is 0 Å². The second kappa shape index (κ2) is 5.18. The summed E-state index contributed by atoms with van der Waals surface area (Å²) in [4.78, 5) is 0. The van der Waals surface area contributed by atoms with Gasteiger partial charge in [-0.1, -0.05) is 72.8 Å². The lowest BCUT2D eigenvalue weighted by Crippen LogP contribution is -1.88. The molecule has 26 heavy (non-hydrogen) atoms. The zero-order valence-corrected chi connectivity index (χ0v) is 16.9. The third kappa shape index (κ3) is 1.74. The van der Waals surface area contributed by atoms with Crippen LogP contribution in [0.2, 0.25) is 0 Å². The molecule has 0 heterocycles. The molecule has 0 aromatic heterocycles. The first kappa shape index (κ1) is 15.0. The molecule has 0 saturated heterocycles. The van der Waals surface area contributed by atoms with Crippen molar-refractivity contribution in [2.45, 2.75) is 0 Å². The maximum atomic E-state index is 3.93. The SMILES string of the molecule is BrC1=C(C2=C(Br)c3cccc4cccc2c34)c2cccc3cccc1c23. The minimum absolute atomic E-state index is 1.18. The molecular weight excluding hydrogens is 448 g/mol. The normalized spacial score (nSPS) is 15.0. The summed E-state index contributed by atoms with van der Waals surface area (Å²) in [5.41, 5.74) is 7.75. The maximum Gasteiger partial charge on any atom is 0.0339 e. The fourth-order valence-electron chi connectivity index (χ4n) is 4.46. The van der Waals surface area contributed by atoms with Crippen LogP contribution >= 0.6 is 31.9 Å². The van der Waals surface area contributed by atoms with E-state index in [4.69, 9.17) is 0 Å². The highest BCUT2D eigenvalue weighted by Crippen LogP contribution is 2.56. The summed E-state index contributed by atoms with van der Waals surface area (Å²) < 4.78 is 2.36. The maximum absolute atomic E-state index is 3.93. The Labute approximate surface area is 168 Å². The highest BCUT2D eigenvalue weighted by molar-refractivity contribution is 9.15. The van der Waals surface area contributed by atoms with E-state index < -0.39 is 0 Å². The standard InChI is InChI=1S/C24H12Br2/c25-23-17-11-3-7-13-5-1-9-15(19(13)17)21(23)22-16-10-2-6-14-8-4-12-18(20(14)16)24(22)26/h1-12H. The van der Waals surface area contributed by atoms with E-state index in [9.17, 15) is 0 Å². The van der Waals surface area contributed by atoms with Crippen LogP contribution in [-0.4, -0.2) is 0 Å². The monoisotopic (exact) mass is 458 g/mol. The molecule has 0 unspecified atom stereocenters. The highest BCUT2D eigenvalue weighted by atomic mass is 79.9. The number of benzene rings is 4. The molecular formula is C24H12Br2. The summed E-state index contributed by atoms with van der Waals surface area (Å²) in [5.74, 6) is 0. The number of rotatable bonds is 1. The minimum atomic E-state index is 1.18. The van der Waals surface area contributed by atoms with Crippen LogP contribution in [0, 0.1) is 0 Å². The fraction of sp³-hybridized carbons (Fsp3) is 0. The van der Waals surface area contributed by atoms with Gasteiger partial charge in [-0.15, -0.1) is 0 Å². The van der Waals surface area contributed by atoms with Crippen molar-refractivity contribution in [3.05, 3.63) is 95.1 Å². The van der Waals surface area contributed by atoms with Gasteiger partial charge >= 0.3 is 0 Å². The summed E-state index contributed by atoms with van der Waals surface area (Å²) in [6.07, 6.45) is 0.